The van der Waals surface area contributed by atoms with Crippen LogP contribution in [-0.2, 0) is 16.6 Å². The van der Waals surface area contributed by atoms with Gasteiger partial charge in [-0.15, -0.1) is 0 Å². The quantitative estimate of drug-likeness (QED) is 0.813. The second-order valence-corrected chi connectivity index (χ2v) is 7.88. The van der Waals surface area contributed by atoms with E-state index in [2.05, 4.69) is 10.4 Å². The maximum atomic E-state index is 12.9. The zero-order chi connectivity index (χ0) is 19.2. The van der Waals surface area contributed by atoms with E-state index in [1.54, 1.807) is 33.8 Å². The number of amides is 3. The van der Waals surface area contributed by atoms with E-state index in [1.165, 1.54) is 0 Å². The Labute approximate surface area is 157 Å². The average molecular weight is 375 g/mol. The van der Waals surface area contributed by atoms with Crippen molar-refractivity contribution in [3.63, 3.8) is 0 Å². The molecular formula is C18H25N5O4. The summed E-state index contributed by atoms with van der Waals surface area (Å²) in [6.07, 6.45) is 5.36. The van der Waals surface area contributed by atoms with Gasteiger partial charge in [0.1, 0.15) is 11.9 Å². The zero-order valence-electron chi connectivity index (χ0n) is 15.4. The second-order valence-electron chi connectivity index (χ2n) is 7.88. The number of piperidine rings is 1. The number of aliphatic carboxylic acids is 1. The van der Waals surface area contributed by atoms with E-state index in [0.29, 0.717) is 31.7 Å². The Kier molecular flexibility index (Phi) is 4.32. The molecule has 1 aromatic rings. The molecule has 27 heavy (non-hydrogen) atoms. The number of anilines is 1. The van der Waals surface area contributed by atoms with Crippen LogP contribution in [0.2, 0.25) is 0 Å². The molecule has 9 heteroatoms. The van der Waals surface area contributed by atoms with Gasteiger partial charge in [0.15, 0.2) is 0 Å². The van der Waals surface area contributed by atoms with Crippen LogP contribution in [0.5, 0.6) is 0 Å². The van der Waals surface area contributed by atoms with Crippen molar-refractivity contribution in [3.8, 4) is 0 Å². The number of urea groups is 1. The van der Waals surface area contributed by atoms with Gasteiger partial charge < -0.3 is 15.3 Å². The number of carboxylic acid groups (broad SMARTS) is 1. The minimum absolute atomic E-state index is 0.00810. The normalized spacial score (nSPS) is 30.5. The average Bonchev–Trinajstić information content (AvgIpc) is 3.30. The first-order valence-corrected chi connectivity index (χ1v) is 9.50. The lowest BCUT2D eigenvalue weighted by molar-refractivity contribution is -0.149. The predicted octanol–water partition coefficient (Wildman–Crippen LogP) is 0.812. The molecule has 2 saturated heterocycles. The molecule has 1 unspecified atom stereocenters. The molecule has 3 amide bonds. The van der Waals surface area contributed by atoms with Crippen molar-refractivity contribution < 1.29 is 19.5 Å². The lowest BCUT2D eigenvalue weighted by Crippen LogP contribution is -2.55. The summed E-state index contributed by atoms with van der Waals surface area (Å²) < 4.78 is 1.64. The molecule has 3 heterocycles. The van der Waals surface area contributed by atoms with E-state index in [0.717, 1.165) is 19.3 Å². The van der Waals surface area contributed by atoms with Crippen LogP contribution >= 0.6 is 0 Å². The number of carbonyl (C=O) groups excluding carboxylic acids is 2. The van der Waals surface area contributed by atoms with Gasteiger partial charge in [-0.25, -0.2) is 4.79 Å². The third-order valence-electron chi connectivity index (χ3n) is 6.39. The summed E-state index contributed by atoms with van der Waals surface area (Å²) in [7, 11) is 1.78. The van der Waals surface area contributed by atoms with Gasteiger partial charge in [-0.05, 0) is 31.6 Å². The molecule has 146 valence electrons. The fourth-order valence-corrected chi connectivity index (χ4v) is 4.90. The Hall–Kier alpha value is -2.58. The molecule has 0 spiro atoms. The lowest BCUT2D eigenvalue weighted by atomic mass is 9.81. The summed E-state index contributed by atoms with van der Waals surface area (Å²) in [5, 5.41) is 16.6. The minimum atomic E-state index is -0.811. The molecular weight excluding hydrogens is 350 g/mol. The summed E-state index contributed by atoms with van der Waals surface area (Å²) in [6, 6.07) is 0.845. The highest BCUT2D eigenvalue weighted by Gasteiger charge is 2.56. The van der Waals surface area contributed by atoms with Crippen LogP contribution in [0.4, 0.5) is 10.6 Å². The molecule has 1 aromatic heterocycles. The highest BCUT2D eigenvalue weighted by molar-refractivity contribution is 5.99. The number of rotatable bonds is 3. The fourth-order valence-electron chi connectivity index (χ4n) is 4.90. The number of hydrogen-bond acceptors (Lipinski definition) is 4. The smallest absolute Gasteiger partial charge is 0.318 e. The summed E-state index contributed by atoms with van der Waals surface area (Å²) in [6.45, 7) is 1.27. The van der Waals surface area contributed by atoms with Gasteiger partial charge in [-0.3, -0.25) is 19.2 Å². The number of carboxylic acids is 1. The Morgan fingerprint density at radius 1 is 1.33 bits per heavy atom. The van der Waals surface area contributed by atoms with Gasteiger partial charge in [0.25, 0.3) is 5.91 Å². The Bertz CT molecular complexity index is 778. The van der Waals surface area contributed by atoms with Crippen LogP contribution in [0.3, 0.4) is 0 Å². The van der Waals surface area contributed by atoms with Crippen LogP contribution in [0.25, 0.3) is 0 Å². The first-order chi connectivity index (χ1) is 12.9. The van der Waals surface area contributed by atoms with Crippen molar-refractivity contribution in [2.75, 3.05) is 24.5 Å². The van der Waals surface area contributed by atoms with E-state index in [9.17, 15) is 19.5 Å². The van der Waals surface area contributed by atoms with Crippen molar-refractivity contribution in [2.24, 2.45) is 18.4 Å². The second kappa shape index (κ2) is 6.54. The maximum absolute atomic E-state index is 12.9. The number of nitrogens with zero attached hydrogens (tertiary/aromatic N) is 4. The number of hydrogen-bond donors (Lipinski definition) is 2. The first-order valence-electron chi connectivity index (χ1n) is 9.50. The van der Waals surface area contributed by atoms with Crippen molar-refractivity contribution in [3.05, 3.63) is 12.3 Å². The van der Waals surface area contributed by atoms with Gasteiger partial charge in [-0.2, -0.15) is 5.10 Å². The van der Waals surface area contributed by atoms with Crippen LogP contribution in [0, 0.1) is 11.3 Å². The van der Waals surface area contributed by atoms with Gasteiger partial charge in [0.2, 0.25) is 0 Å². The van der Waals surface area contributed by atoms with Gasteiger partial charge in [0.05, 0.1) is 11.6 Å². The molecule has 2 N–H and O–H groups in total. The Morgan fingerprint density at radius 3 is 2.81 bits per heavy atom. The third-order valence-corrected chi connectivity index (χ3v) is 6.39. The first kappa shape index (κ1) is 17.8. The van der Waals surface area contributed by atoms with Gasteiger partial charge in [-0.1, -0.05) is 6.42 Å². The predicted molar refractivity (Wildman–Crippen MR) is 96.1 cm³/mol. The molecule has 3 aliphatic rings. The number of nitrogens with one attached hydrogen (secondary N) is 1. The van der Waals surface area contributed by atoms with Crippen LogP contribution in [0.15, 0.2) is 12.3 Å². The molecule has 0 bridgehead atoms. The summed E-state index contributed by atoms with van der Waals surface area (Å²) >= 11 is 0. The standard InChI is InChI=1S/C18H25N5O4/c1-21-14(6-8-19-21)23-9-3-5-13(15(23)24)20-17(27)22-10-12-4-2-7-18(12,11-22)16(25)26/h6,8,12-13H,2-5,7,9-11H2,1H3,(H,20,27)(H,25,26)/t12-,13?,18+/m0/s1. The SMILES string of the molecule is Cn1nccc1N1CCCC(NC(=O)N2C[C@@H]3CCC[C@@]3(C(=O)O)C2)C1=O. The lowest BCUT2D eigenvalue weighted by Gasteiger charge is -2.33. The highest BCUT2D eigenvalue weighted by Crippen LogP contribution is 2.48. The number of fused-ring (bicyclic) bond motifs is 1. The molecule has 3 atom stereocenters. The van der Waals surface area contributed by atoms with Crippen molar-refractivity contribution in [2.45, 2.75) is 38.1 Å². The van der Waals surface area contributed by atoms with E-state index < -0.39 is 17.4 Å². The molecule has 0 radical (unpaired) electrons. The summed E-state index contributed by atoms with van der Waals surface area (Å²) in [5.41, 5.74) is -0.811. The van der Waals surface area contributed by atoms with Crippen molar-refractivity contribution >= 4 is 23.7 Å². The molecule has 9 nitrogen and oxygen atoms in total. The fraction of sp³-hybridized carbons (Fsp3) is 0.667. The number of aryl methyl sites for hydroxylation is 1. The van der Waals surface area contributed by atoms with Crippen molar-refractivity contribution in [1.29, 1.82) is 0 Å². The van der Waals surface area contributed by atoms with Crippen molar-refractivity contribution in [1.82, 2.24) is 20.0 Å². The zero-order valence-corrected chi connectivity index (χ0v) is 15.4. The monoisotopic (exact) mass is 375 g/mol. The molecule has 0 aromatic carbocycles. The van der Waals surface area contributed by atoms with E-state index >= 15 is 0 Å². The topological polar surface area (TPSA) is 108 Å². The van der Waals surface area contributed by atoms with E-state index in [1.807, 2.05) is 0 Å². The molecule has 1 saturated carbocycles. The molecule has 3 fully saturated rings. The summed E-state index contributed by atoms with van der Waals surface area (Å²) in [4.78, 5) is 40.6. The highest BCUT2D eigenvalue weighted by atomic mass is 16.4. The number of likely N-dealkylation sites (tertiary alicyclic amines) is 1. The van der Waals surface area contributed by atoms with Crippen LogP contribution < -0.4 is 10.2 Å². The van der Waals surface area contributed by atoms with Gasteiger partial charge >= 0.3 is 12.0 Å². The summed E-state index contributed by atoms with van der Waals surface area (Å²) in [5.74, 6) is -0.241. The molecule has 4 rings (SSSR count). The van der Waals surface area contributed by atoms with Gasteiger partial charge in [0, 0.05) is 32.7 Å². The maximum Gasteiger partial charge on any atom is 0.318 e. The minimum Gasteiger partial charge on any atom is -0.481 e. The Morgan fingerprint density at radius 2 is 2.15 bits per heavy atom. The molecule has 2 aliphatic heterocycles. The number of carbonyl (C=O) groups is 3. The van der Waals surface area contributed by atoms with E-state index in [4.69, 9.17) is 0 Å². The Balaban J connectivity index is 1.43. The largest absolute Gasteiger partial charge is 0.481 e. The number of aromatic nitrogens is 2. The third kappa shape index (κ3) is 2.85. The van der Waals surface area contributed by atoms with Crippen LogP contribution in [-0.4, -0.2) is 63.4 Å². The van der Waals surface area contributed by atoms with E-state index in [-0.39, 0.29) is 24.4 Å². The molecule has 1 aliphatic carbocycles. The van der Waals surface area contributed by atoms with Crippen LogP contribution in [0.1, 0.15) is 32.1 Å².